The Morgan fingerprint density at radius 2 is 2.05 bits per heavy atom. The average Bonchev–Trinajstić information content (AvgIpc) is 2.87. The zero-order valence-corrected chi connectivity index (χ0v) is 11.1. The van der Waals surface area contributed by atoms with Gasteiger partial charge in [-0.3, -0.25) is 19.6 Å². The SMILES string of the molecule is CC(C)n1ccc(NC(=O)c2ccccc2[N+](=O)[O-])n1. The first-order valence-corrected chi connectivity index (χ1v) is 6.09. The maximum Gasteiger partial charge on any atom is 0.282 e. The van der Waals surface area contributed by atoms with E-state index in [1.165, 1.54) is 18.2 Å². The summed E-state index contributed by atoms with van der Waals surface area (Å²) in [6.07, 6.45) is 1.74. The fourth-order valence-electron chi connectivity index (χ4n) is 1.70. The van der Waals surface area contributed by atoms with Crippen LogP contribution < -0.4 is 5.32 Å². The molecule has 1 aromatic carbocycles. The quantitative estimate of drug-likeness (QED) is 0.685. The zero-order valence-electron chi connectivity index (χ0n) is 11.1. The van der Waals surface area contributed by atoms with Gasteiger partial charge in [-0.2, -0.15) is 5.10 Å². The molecule has 2 aromatic rings. The van der Waals surface area contributed by atoms with Gasteiger partial charge in [-0.05, 0) is 19.9 Å². The van der Waals surface area contributed by atoms with E-state index in [4.69, 9.17) is 0 Å². The van der Waals surface area contributed by atoms with Crippen molar-refractivity contribution in [3.63, 3.8) is 0 Å². The summed E-state index contributed by atoms with van der Waals surface area (Å²) in [7, 11) is 0. The van der Waals surface area contributed by atoms with Gasteiger partial charge >= 0.3 is 0 Å². The van der Waals surface area contributed by atoms with Crippen molar-refractivity contribution >= 4 is 17.4 Å². The summed E-state index contributed by atoms with van der Waals surface area (Å²) in [5.74, 6) is -0.187. The number of carbonyl (C=O) groups excluding carboxylic acids is 1. The van der Waals surface area contributed by atoms with Gasteiger partial charge in [0.05, 0.1) is 4.92 Å². The Labute approximate surface area is 115 Å². The Hall–Kier alpha value is -2.70. The Morgan fingerprint density at radius 1 is 1.35 bits per heavy atom. The number of benzene rings is 1. The van der Waals surface area contributed by atoms with Crippen LogP contribution in [0.4, 0.5) is 11.5 Å². The molecule has 1 N–H and O–H groups in total. The highest BCUT2D eigenvalue weighted by atomic mass is 16.6. The Morgan fingerprint density at radius 3 is 2.65 bits per heavy atom. The molecule has 0 aliphatic carbocycles. The predicted molar refractivity (Wildman–Crippen MR) is 73.7 cm³/mol. The zero-order chi connectivity index (χ0) is 14.7. The number of nitrogens with one attached hydrogen (secondary N) is 1. The minimum Gasteiger partial charge on any atom is -0.305 e. The molecule has 0 aliphatic heterocycles. The van der Waals surface area contributed by atoms with E-state index >= 15 is 0 Å². The van der Waals surface area contributed by atoms with E-state index in [1.807, 2.05) is 13.8 Å². The fraction of sp³-hybridized carbons (Fsp3) is 0.231. The maximum absolute atomic E-state index is 12.1. The number of amides is 1. The highest BCUT2D eigenvalue weighted by molar-refractivity contribution is 6.06. The number of carbonyl (C=O) groups is 1. The second-order valence-electron chi connectivity index (χ2n) is 4.50. The van der Waals surface area contributed by atoms with E-state index in [9.17, 15) is 14.9 Å². The molecule has 0 unspecified atom stereocenters. The van der Waals surface area contributed by atoms with Crippen LogP contribution in [0.3, 0.4) is 0 Å². The first-order valence-electron chi connectivity index (χ1n) is 6.09. The van der Waals surface area contributed by atoms with Crippen LogP contribution in [0.25, 0.3) is 0 Å². The Bertz CT molecular complexity index is 649. The van der Waals surface area contributed by atoms with E-state index < -0.39 is 10.8 Å². The number of aromatic nitrogens is 2. The van der Waals surface area contributed by atoms with Gasteiger partial charge in [0.2, 0.25) is 0 Å². The number of hydrogen-bond donors (Lipinski definition) is 1. The van der Waals surface area contributed by atoms with Gasteiger partial charge < -0.3 is 5.32 Å². The fourth-order valence-corrected chi connectivity index (χ4v) is 1.70. The van der Waals surface area contributed by atoms with Crippen molar-refractivity contribution in [1.29, 1.82) is 0 Å². The van der Waals surface area contributed by atoms with Crippen LogP contribution in [0.15, 0.2) is 36.5 Å². The Kier molecular flexibility index (Phi) is 3.79. The first kappa shape index (κ1) is 13.7. The molecule has 0 radical (unpaired) electrons. The molecule has 0 saturated carbocycles. The largest absolute Gasteiger partial charge is 0.305 e. The first-order chi connectivity index (χ1) is 9.49. The molecule has 0 saturated heterocycles. The third kappa shape index (κ3) is 2.82. The lowest BCUT2D eigenvalue weighted by molar-refractivity contribution is -0.385. The van der Waals surface area contributed by atoms with Gasteiger partial charge in [0, 0.05) is 24.4 Å². The summed E-state index contributed by atoms with van der Waals surface area (Å²) < 4.78 is 1.69. The van der Waals surface area contributed by atoms with Gasteiger partial charge in [-0.15, -0.1) is 0 Å². The van der Waals surface area contributed by atoms with Crippen LogP contribution in [-0.4, -0.2) is 20.6 Å². The van der Waals surface area contributed by atoms with Crippen molar-refractivity contribution in [1.82, 2.24) is 9.78 Å². The predicted octanol–water partition coefficient (Wildman–Crippen LogP) is 2.62. The van der Waals surface area contributed by atoms with Crippen LogP contribution in [0.2, 0.25) is 0 Å². The smallest absolute Gasteiger partial charge is 0.282 e. The van der Waals surface area contributed by atoms with Crippen molar-refractivity contribution in [3.8, 4) is 0 Å². The third-order valence-electron chi connectivity index (χ3n) is 2.72. The molecule has 0 bridgehead atoms. The second kappa shape index (κ2) is 5.52. The molecule has 20 heavy (non-hydrogen) atoms. The molecular weight excluding hydrogens is 260 g/mol. The topological polar surface area (TPSA) is 90.1 Å². The van der Waals surface area contributed by atoms with E-state index in [0.29, 0.717) is 5.82 Å². The lowest BCUT2D eigenvalue weighted by Gasteiger charge is -2.05. The average molecular weight is 274 g/mol. The highest BCUT2D eigenvalue weighted by Gasteiger charge is 2.19. The molecule has 1 amide bonds. The highest BCUT2D eigenvalue weighted by Crippen LogP contribution is 2.19. The van der Waals surface area contributed by atoms with Crippen molar-refractivity contribution in [2.75, 3.05) is 5.32 Å². The van der Waals surface area contributed by atoms with E-state index in [-0.39, 0.29) is 17.3 Å². The molecule has 0 atom stereocenters. The molecular formula is C13H14N4O3. The van der Waals surface area contributed by atoms with Crippen molar-refractivity contribution in [2.45, 2.75) is 19.9 Å². The monoisotopic (exact) mass is 274 g/mol. The van der Waals surface area contributed by atoms with Crippen LogP contribution in [-0.2, 0) is 0 Å². The third-order valence-corrected chi connectivity index (χ3v) is 2.72. The number of para-hydroxylation sites is 1. The number of nitro benzene ring substituents is 1. The van der Waals surface area contributed by atoms with Crippen LogP contribution in [0, 0.1) is 10.1 Å². The summed E-state index contributed by atoms with van der Waals surface area (Å²) in [5.41, 5.74) is -0.218. The number of anilines is 1. The summed E-state index contributed by atoms with van der Waals surface area (Å²) in [4.78, 5) is 22.3. The van der Waals surface area contributed by atoms with E-state index in [0.717, 1.165) is 0 Å². The van der Waals surface area contributed by atoms with Crippen molar-refractivity contribution in [2.24, 2.45) is 0 Å². The summed E-state index contributed by atoms with van der Waals surface area (Å²) in [6.45, 7) is 3.92. The standard InChI is InChI=1S/C13H14N4O3/c1-9(2)16-8-7-12(15-16)14-13(18)10-5-3-4-6-11(10)17(19)20/h3-9H,1-2H3,(H,14,15,18). The van der Waals surface area contributed by atoms with E-state index in [2.05, 4.69) is 10.4 Å². The van der Waals surface area contributed by atoms with Crippen molar-refractivity contribution < 1.29 is 9.72 Å². The van der Waals surface area contributed by atoms with Gasteiger partial charge in [0.25, 0.3) is 11.6 Å². The normalized spacial score (nSPS) is 10.6. The number of nitrogens with zero attached hydrogens (tertiary/aromatic N) is 3. The number of rotatable bonds is 4. The molecule has 1 aromatic heterocycles. The van der Waals surface area contributed by atoms with Gasteiger partial charge in [-0.1, -0.05) is 12.1 Å². The van der Waals surface area contributed by atoms with Crippen LogP contribution in [0.1, 0.15) is 30.2 Å². The number of nitro groups is 1. The van der Waals surface area contributed by atoms with Crippen LogP contribution in [0.5, 0.6) is 0 Å². The lowest BCUT2D eigenvalue weighted by atomic mass is 10.1. The summed E-state index contributed by atoms with van der Waals surface area (Å²) in [5, 5.41) is 17.6. The Balaban J connectivity index is 2.22. The minimum atomic E-state index is -0.582. The summed E-state index contributed by atoms with van der Waals surface area (Å²) >= 11 is 0. The number of hydrogen-bond acceptors (Lipinski definition) is 4. The van der Waals surface area contributed by atoms with Crippen molar-refractivity contribution in [3.05, 3.63) is 52.2 Å². The van der Waals surface area contributed by atoms with Gasteiger partial charge in [0.15, 0.2) is 5.82 Å². The molecule has 1 heterocycles. The molecule has 0 aliphatic rings. The summed E-state index contributed by atoms with van der Waals surface area (Å²) in [6, 6.07) is 7.62. The second-order valence-corrected chi connectivity index (χ2v) is 4.50. The van der Waals surface area contributed by atoms with Crippen LogP contribution >= 0.6 is 0 Å². The molecule has 104 valence electrons. The molecule has 0 spiro atoms. The van der Waals surface area contributed by atoms with E-state index in [1.54, 1.807) is 23.0 Å². The molecule has 7 heteroatoms. The minimum absolute atomic E-state index is 0.0107. The maximum atomic E-state index is 12.1. The molecule has 2 rings (SSSR count). The van der Waals surface area contributed by atoms with Gasteiger partial charge in [0.1, 0.15) is 5.56 Å². The molecule has 7 nitrogen and oxygen atoms in total. The van der Waals surface area contributed by atoms with Gasteiger partial charge in [-0.25, -0.2) is 0 Å². The molecule has 0 fully saturated rings. The lowest BCUT2D eigenvalue weighted by Crippen LogP contribution is -2.14.